The number of hydrogen-bond acceptors (Lipinski definition) is 4. The summed E-state index contributed by atoms with van der Waals surface area (Å²) in [5.41, 5.74) is 5.95. The third-order valence-electron chi connectivity index (χ3n) is 4.34. The average molecular weight is 419 g/mol. The molecule has 0 fully saturated rings. The van der Waals surface area contributed by atoms with E-state index in [0.29, 0.717) is 11.3 Å². The van der Waals surface area contributed by atoms with E-state index in [4.69, 9.17) is 4.74 Å². The van der Waals surface area contributed by atoms with Gasteiger partial charge in [0.25, 0.3) is 5.91 Å². The molecule has 0 aliphatic carbocycles. The number of nitrogens with one attached hydrogen (secondary N) is 3. The highest BCUT2D eigenvalue weighted by Crippen LogP contribution is 2.19. The summed E-state index contributed by atoms with van der Waals surface area (Å²) in [6, 6.07) is 19.8. The number of fused-ring (bicyclic) bond motifs is 1. The van der Waals surface area contributed by atoms with Crippen molar-refractivity contribution in [2.45, 2.75) is 32.8 Å². The van der Waals surface area contributed by atoms with Gasteiger partial charge in [-0.3, -0.25) is 25.8 Å². The van der Waals surface area contributed by atoms with Crippen LogP contribution < -0.4 is 16.2 Å². The molecule has 0 unspecified atom stereocenters. The summed E-state index contributed by atoms with van der Waals surface area (Å²) in [5, 5.41) is 4.65. The van der Waals surface area contributed by atoms with Crippen molar-refractivity contribution in [3.63, 3.8) is 0 Å². The molecular weight excluding hydrogens is 394 g/mol. The van der Waals surface area contributed by atoms with Crippen LogP contribution in [0.25, 0.3) is 10.8 Å². The van der Waals surface area contributed by atoms with Crippen LogP contribution in [0.4, 0.5) is 10.5 Å². The van der Waals surface area contributed by atoms with Crippen molar-refractivity contribution in [1.29, 1.82) is 0 Å². The van der Waals surface area contributed by atoms with Crippen LogP contribution in [0.5, 0.6) is 0 Å². The fourth-order valence-electron chi connectivity index (χ4n) is 2.99. The van der Waals surface area contributed by atoms with E-state index in [2.05, 4.69) is 16.2 Å². The molecular formula is C24H25N3O4. The fraction of sp³-hybridized carbons (Fsp3) is 0.208. The minimum Gasteiger partial charge on any atom is -0.444 e. The van der Waals surface area contributed by atoms with Crippen LogP contribution in [0.1, 0.15) is 36.7 Å². The molecule has 0 aliphatic heterocycles. The highest BCUT2D eigenvalue weighted by atomic mass is 16.6. The lowest BCUT2D eigenvalue weighted by atomic mass is 10.0. The number of hydrazine groups is 1. The lowest BCUT2D eigenvalue weighted by molar-refractivity contribution is -0.121. The number of carbonyl (C=O) groups excluding carboxylic acids is 3. The summed E-state index contributed by atoms with van der Waals surface area (Å²) in [6.07, 6.45) is -0.439. The molecule has 3 aromatic rings. The topological polar surface area (TPSA) is 96.5 Å². The Hall–Kier alpha value is -3.87. The first-order valence-electron chi connectivity index (χ1n) is 9.87. The monoisotopic (exact) mass is 419 g/mol. The van der Waals surface area contributed by atoms with Crippen LogP contribution in [0, 0.1) is 0 Å². The van der Waals surface area contributed by atoms with Gasteiger partial charge in [0.1, 0.15) is 5.60 Å². The van der Waals surface area contributed by atoms with Crippen molar-refractivity contribution >= 4 is 34.4 Å². The van der Waals surface area contributed by atoms with Gasteiger partial charge in [0.05, 0.1) is 6.42 Å². The van der Waals surface area contributed by atoms with E-state index >= 15 is 0 Å². The molecule has 0 spiro atoms. The number of rotatable bonds is 4. The maximum atomic E-state index is 12.3. The quantitative estimate of drug-likeness (QED) is 0.553. The molecule has 0 atom stereocenters. The van der Waals surface area contributed by atoms with Crippen LogP contribution in [-0.2, 0) is 16.0 Å². The molecule has 0 heterocycles. The van der Waals surface area contributed by atoms with Crippen molar-refractivity contribution in [3.05, 3.63) is 77.9 Å². The molecule has 0 bridgehead atoms. The van der Waals surface area contributed by atoms with Crippen LogP contribution >= 0.6 is 0 Å². The first kappa shape index (κ1) is 21.8. The molecule has 3 rings (SSSR count). The average Bonchev–Trinajstić information content (AvgIpc) is 2.71. The van der Waals surface area contributed by atoms with E-state index in [9.17, 15) is 14.4 Å². The van der Waals surface area contributed by atoms with Gasteiger partial charge < -0.3 is 4.74 Å². The minimum absolute atomic E-state index is 0.139. The number of benzene rings is 3. The number of carbonyl (C=O) groups is 3. The molecule has 3 amide bonds. The zero-order valence-corrected chi connectivity index (χ0v) is 17.7. The summed E-state index contributed by atoms with van der Waals surface area (Å²) in [4.78, 5) is 36.4. The predicted octanol–water partition coefficient (Wildman–Crippen LogP) is 4.19. The maximum Gasteiger partial charge on any atom is 0.412 e. The van der Waals surface area contributed by atoms with Crippen molar-refractivity contribution in [1.82, 2.24) is 10.9 Å². The van der Waals surface area contributed by atoms with Crippen molar-refractivity contribution in [3.8, 4) is 0 Å². The first-order valence-corrected chi connectivity index (χ1v) is 9.87. The van der Waals surface area contributed by atoms with E-state index in [1.807, 2.05) is 42.5 Å². The second-order valence-electron chi connectivity index (χ2n) is 8.02. The van der Waals surface area contributed by atoms with Gasteiger partial charge in [-0.15, -0.1) is 0 Å². The van der Waals surface area contributed by atoms with Gasteiger partial charge in [0.15, 0.2) is 0 Å². The molecule has 160 valence electrons. The molecule has 3 N–H and O–H groups in total. The Balaban J connectivity index is 1.53. The maximum absolute atomic E-state index is 12.3. The Kier molecular flexibility index (Phi) is 6.55. The van der Waals surface area contributed by atoms with Gasteiger partial charge in [-0.05, 0) is 61.4 Å². The second-order valence-corrected chi connectivity index (χ2v) is 8.02. The van der Waals surface area contributed by atoms with E-state index in [0.717, 1.165) is 16.3 Å². The summed E-state index contributed by atoms with van der Waals surface area (Å²) >= 11 is 0. The Morgan fingerprint density at radius 1 is 0.839 bits per heavy atom. The van der Waals surface area contributed by atoms with Gasteiger partial charge in [-0.2, -0.15) is 0 Å². The normalized spacial score (nSPS) is 10.9. The Labute approximate surface area is 180 Å². The van der Waals surface area contributed by atoms with Gasteiger partial charge in [-0.25, -0.2) is 4.79 Å². The van der Waals surface area contributed by atoms with E-state index in [-0.39, 0.29) is 12.3 Å². The molecule has 0 aliphatic rings. The SMILES string of the molecule is CC(C)(C)OC(=O)Nc1ccc(C(=O)NNC(=O)Cc2cccc3ccccc23)cc1. The van der Waals surface area contributed by atoms with Crippen LogP contribution in [-0.4, -0.2) is 23.5 Å². The van der Waals surface area contributed by atoms with Crippen LogP contribution in [0.3, 0.4) is 0 Å². The summed E-state index contributed by atoms with van der Waals surface area (Å²) < 4.78 is 5.18. The highest BCUT2D eigenvalue weighted by molar-refractivity contribution is 5.97. The fourth-order valence-corrected chi connectivity index (χ4v) is 2.99. The highest BCUT2D eigenvalue weighted by Gasteiger charge is 2.16. The summed E-state index contributed by atoms with van der Waals surface area (Å²) in [6.45, 7) is 5.32. The third kappa shape index (κ3) is 6.30. The van der Waals surface area contributed by atoms with Gasteiger partial charge >= 0.3 is 6.09 Å². The molecule has 7 heteroatoms. The Morgan fingerprint density at radius 3 is 2.23 bits per heavy atom. The molecule has 0 aromatic heterocycles. The zero-order chi connectivity index (χ0) is 22.4. The van der Waals surface area contributed by atoms with Crippen LogP contribution in [0.15, 0.2) is 66.7 Å². The smallest absolute Gasteiger partial charge is 0.412 e. The van der Waals surface area contributed by atoms with Crippen molar-refractivity contribution in [2.24, 2.45) is 0 Å². The lowest BCUT2D eigenvalue weighted by Gasteiger charge is -2.19. The number of hydrogen-bond donors (Lipinski definition) is 3. The van der Waals surface area contributed by atoms with E-state index in [1.54, 1.807) is 45.0 Å². The lowest BCUT2D eigenvalue weighted by Crippen LogP contribution is -2.42. The molecule has 7 nitrogen and oxygen atoms in total. The number of anilines is 1. The zero-order valence-electron chi connectivity index (χ0n) is 17.7. The van der Waals surface area contributed by atoms with Crippen molar-refractivity contribution < 1.29 is 19.1 Å². The molecule has 31 heavy (non-hydrogen) atoms. The van der Waals surface area contributed by atoms with Gasteiger partial charge in [-0.1, -0.05) is 42.5 Å². The first-order chi connectivity index (χ1) is 14.7. The predicted molar refractivity (Wildman–Crippen MR) is 120 cm³/mol. The number of ether oxygens (including phenoxy) is 1. The third-order valence-corrected chi connectivity index (χ3v) is 4.34. The standard InChI is InChI=1S/C24H25N3O4/c1-24(2,3)31-23(30)25-19-13-11-17(12-14-19)22(29)27-26-21(28)15-18-9-6-8-16-7-4-5-10-20(16)18/h4-14H,15H2,1-3H3,(H,25,30)(H,26,28)(H,27,29). The minimum atomic E-state index is -0.603. The molecule has 0 radical (unpaired) electrons. The van der Waals surface area contributed by atoms with Gasteiger partial charge in [0.2, 0.25) is 5.91 Å². The summed E-state index contributed by atoms with van der Waals surface area (Å²) in [5.74, 6) is -0.789. The van der Waals surface area contributed by atoms with E-state index in [1.165, 1.54) is 0 Å². The van der Waals surface area contributed by atoms with Crippen molar-refractivity contribution in [2.75, 3.05) is 5.32 Å². The van der Waals surface area contributed by atoms with Gasteiger partial charge in [0, 0.05) is 11.3 Å². The Bertz CT molecular complexity index is 1100. The van der Waals surface area contributed by atoms with Crippen LogP contribution in [0.2, 0.25) is 0 Å². The second kappa shape index (κ2) is 9.30. The Morgan fingerprint density at radius 2 is 1.52 bits per heavy atom. The molecule has 3 aromatic carbocycles. The number of amides is 3. The van der Waals surface area contributed by atoms with E-state index < -0.39 is 17.6 Å². The largest absolute Gasteiger partial charge is 0.444 e. The molecule has 0 saturated heterocycles. The molecule has 0 saturated carbocycles. The summed E-state index contributed by atoms with van der Waals surface area (Å²) in [7, 11) is 0.